The zero-order valence-corrected chi connectivity index (χ0v) is 10.8. The molecule has 0 fully saturated rings. The van der Waals surface area contributed by atoms with Crippen molar-refractivity contribution in [2.24, 2.45) is 0 Å². The lowest BCUT2D eigenvalue weighted by Gasteiger charge is -2.26. The molecular weight excluding hydrogens is 235 g/mol. The summed E-state index contributed by atoms with van der Waals surface area (Å²) in [5.74, 6) is -1.19. The Kier molecular flexibility index (Phi) is 5.58. The van der Waals surface area contributed by atoms with Crippen molar-refractivity contribution in [3.05, 3.63) is 30.1 Å². The molecule has 0 saturated carbocycles. The van der Waals surface area contributed by atoms with E-state index in [0.717, 1.165) is 6.54 Å². The maximum Gasteiger partial charge on any atom is 0.305 e. The summed E-state index contributed by atoms with van der Waals surface area (Å²) in [5.41, 5.74) is 0.459. The van der Waals surface area contributed by atoms with Gasteiger partial charge in [-0.1, -0.05) is 12.1 Å². The van der Waals surface area contributed by atoms with Crippen LogP contribution in [0.2, 0.25) is 0 Å². The Bertz CT molecular complexity index is 396. The fourth-order valence-electron chi connectivity index (χ4n) is 1.61. The van der Waals surface area contributed by atoms with E-state index in [0.29, 0.717) is 18.8 Å². The maximum absolute atomic E-state index is 13.7. The van der Waals surface area contributed by atoms with Gasteiger partial charge in [0.15, 0.2) is 0 Å². The van der Waals surface area contributed by atoms with E-state index in [1.807, 2.05) is 19.0 Å². The molecule has 0 aliphatic carbocycles. The molecule has 0 aliphatic heterocycles. The second kappa shape index (κ2) is 6.96. The van der Waals surface area contributed by atoms with E-state index in [9.17, 15) is 9.18 Å². The number of benzene rings is 1. The number of halogens is 1. The molecule has 5 heteroatoms. The van der Waals surface area contributed by atoms with Crippen LogP contribution >= 0.6 is 0 Å². The van der Waals surface area contributed by atoms with Crippen LogP contribution in [0.1, 0.15) is 6.42 Å². The van der Waals surface area contributed by atoms with E-state index in [-0.39, 0.29) is 12.2 Å². The molecule has 0 aliphatic rings. The average molecular weight is 254 g/mol. The van der Waals surface area contributed by atoms with E-state index >= 15 is 0 Å². The van der Waals surface area contributed by atoms with Gasteiger partial charge in [-0.15, -0.1) is 0 Å². The third-order valence-corrected chi connectivity index (χ3v) is 2.61. The van der Waals surface area contributed by atoms with Gasteiger partial charge >= 0.3 is 5.97 Å². The third kappa shape index (κ3) is 4.71. The first-order valence-corrected chi connectivity index (χ1v) is 5.86. The lowest BCUT2D eigenvalue weighted by atomic mass is 10.2. The van der Waals surface area contributed by atoms with Crippen LogP contribution in [0.5, 0.6) is 0 Å². The fourth-order valence-corrected chi connectivity index (χ4v) is 1.61. The van der Waals surface area contributed by atoms with Crippen molar-refractivity contribution in [2.75, 3.05) is 38.6 Å². The number of nitrogens with zero attached hydrogens (tertiary/aromatic N) is 2. The van der Waals surface area contributed by atoms with Crippen LogP contribution in [-0.4, -0.2) is 49.7 Å². The molecule has 0 radical (unpaired) electrons. The number of likely N-dealkylation sites (N-methyl/N-ethyl adjacent to an activating group) is 1. The highest BCUT2D eigenvalue weighted by Gasteiger charge is 2.12. The number of carbonyl (C=O) groups is 1. The number of anilines is 1. The number of carboxylic acids is 1. The van der Waals surface area contributed by atoms with Gasteiger partial charge in [0, 0.05) is 19.6 Å². The monoisotopic (exact) mass is 254 g/mol. The fraction of sp³-hybridized carbons (Fsp3) is 0.462. The first-order valence-electron chi connectivity index (χ1n) is 5.86. The van der Waals surface area contributed by atoms with Gasteiger partial charge in [-0.05, 0) is 26.2 Å². The van der Waals surface area contributed by atoms with E-state index in [1.165, 1.54) is 6.07 Å². The minimum Gasteiger partial charge on any atom is -0.481 e. The second-order valence-corrected chi connectivity index (χ2v) is 4.39. The molecule has 0 spiro atoms. The highest BCUT2D eigenvalue weighted by Crippen LogP contribution is 2.18. The summed E-state index contributed by atoms with van der Waals surface area (Å²) in [6, 6.07) is 6.44. The van der Waals surface area contributed by atoms with Crippen molar-refractivity contribution in [1.82, 2.24) is 4.90 Å². The summed E-state index contributed by atoms with van der Waals surface area (Å²) in [5, 5.41) is 8.73. The molecule has 1 aromatic carbocycles. The summed E-state index contributed by atoms with van der Waals surface area (Å²) in [7, 11) is 3.85. The van der Waals surface area contributed by atoms with Crippen molar-refractivity contribution in [3.8, 4) is 0 Å². The minimum atomic E-state index is -0.874. The predicted molar refractivity (Wildman–Crippen MR) is 69.4 cm³/mol. The Morgan fingerprint density at radius 3 is 2.44 bits per heavy atom. The van der Waals surface area contributed by atoms with Crippen molar-refractivity contribution < 1.29 is 14.3 Å². The van der Waals surface area contributed by atoms with E-state index < -0.39 is 5.97 Å². The highest BCUT2D eigenvalue weighted by molar-refractivity contribution is 5.67. The number of carboxylic acid groups (broad SMARTS) is 1. The maximum atomic E-state index is 13.7. The minimum absolute atomic E-state index is 0.00175. The number of rotatable bonds is 7. The lowest BCUT2D eigenvalue weighted by Crippen LogP contribution is -2.33. The van der Waals surface area contributed by atoms with Crippen molar-refractivity contribution in [2.45, 2.75) is 6.42 Å². The SMILES string of the molecule is CN(C)CCN(CCC(=O)O)c1ccccc1F. The Morgan fingerprint density at radius 1 is 1.22 bits per heavy atom. The van der Waals surface area contributed by atoms with Gasteiger partial charge in [0.1, 0.15) is 5.82 Å². The van der Waals surface area contributed by atoms with E-state index in [2.05, 4.69) is 0 Å². The number of hydrogen-bond donors (Lipinski definition) is 1. The number of para-hydroxylation sites is 1. The predicted octanol–water partition coefficient (Wildman–Crippen LogP) is 1.67. The molecule has 0 atom stereocenters. The first kappa shape index (κ1) is 14.4. The molecule has 0 amide bonds. The zero-order valence-electron chi connectivity index (χ0n) is 10.8. The summed E-state index contributed by atoms with van der Waals surface area (Å²) >= 11 is 0. The molecule has 0 bridgehead atoms. The largest absolute Gasteiger partial charge is 0.481 e. The smallest absolute Gasteiger partial charge is 0.305 e. The summed E-state index contributed by atoms with van der Waals surface area (Å²) in [6.45, 7) is 1.65. The molecule has 1 aromatic rings. The van der Waals surface area contributed by atoms with Gasteiger partial charge in [-0.25, -0.2) is 4.39 Å². The molecule has 0 unspecified atom stereocenters. The summed E-state index contributed by atoms with van der Waals surface area (Å²) in [6.07, 6.45) is 0.00175. The molecule has 0 aromatic heterocycles. The quantitative estimate of drug-likeness (QED) is 0.804. The van der Waals surface area contributed by atoms with Crippen molar-refractivity contribution in [1.29, 1.82) is 0 Å². The van der Waals surface area contributed by atoms with Gasteiger partial charge in [0.05, 0.1) is 12.1 Å². The van der Waals surface area contributed by atoms with Gasteiger partial charge < -0.3 is 14.9 Å². The lowest BCUT2D eigenvalue weighted by molar-refractivity contribution is -0.136. The second-order valence-electron chi connectivity index (χ2n) is 4.39. The average Bonchev–Trinajstić information content (AvgIpc) is 2.30. The van der Waals surface area contributed by atoms with Gasteiger partial charge in [-0.2, -0.15) is 0 Å². The topological polar surface area (TPSA) is 43.8 Å². The molecule has 0 heterocycles. The van der Waals surface area contributed by atoms with Crippen LogP contribution in [0.4, 0.5) is 10.1 Å². The van der Waals surface area contributed by atoms with Crippen LogP contribution in [-0.2, 0) is 4.79 Å². The zero-order chi connectivity index (χ0) is 13.5. The van der Waals surface area contributed by atoms with Crippen LogP contribution in [0.25, 0.3) is 0 Å². The Labute approximate surface area is 107 Å². The van der Waals surface area contributed by atoms with E-state index in [4.69, 9.17) is 5.11 Å². The van der Waals surface area contributed by atoms with Crippen LogP contribution in [0, 0.1) is 5.82 Å². The third-order valence-electron chi connectivity index (χ3n) is 2.61. The normalized spacial score (nSPS) is 10.7. The molecule has 4 nitrogen and oxygen atoms in total. The van der Waals surface area contributed by atoms with Crippen molar-refractivity contribution >= 4 is 11.7 Å². The molecule has 1 N–H and O–H groups in total. The Morgan fingerprint density at radius 2 is 1.89 bits per heavy atom. The molecular formula is C13H19FN2O2. The summed E-state index contributed by atoms with van der Waals surface area (Å²) < 4.78 is 13.7. The van der Waals surface area contributed by atoms with E-state index in [1.54, 1.807) is 23.1 Å². The van der Waals surface area contributed by atoms with Crippen LogP contribution in [0.15, 0.2) is 24.3 Å². The number of hydrogen-bond acceptors (Lipinski definition) is 3. The Hall–Kier alpha value is -1.62. The summed E-state index contributed by atoms with van der Waals surface area (Å²) in [4.78, 5) is 14.4. The van der Waals surface area contributed by atoms with Crippen LogP contribution in [0.3, 0.4) is 0 Å². The van der Waals surface area contributed by atoms with Crippen molar-refractivity contribution in [3.63, 3.8) is 0 Å². The Balaban J connectivity index is 2.75. The highest BCUT2D eigenvalue weighted by atomic mass is 19.1. The molecule has 1 rings (SSSR count). The molecule has 0 saturated heterocycles. The molecule has 100 valence electrons. The number of aliphatic carboxylic acids is 1. The van der Waals surface area contributed by atoms with Gasteiger partial charge in [-0.3, -0.25) is 4.79 Å². The first-order chi connectivity index (χ1) is 8.50. The van der Waals surface area contributed by atoms with Crippen LogP contribution < -0.4 is 4.90 Å². The van der Waals surface area contributed by atoms with Gasteiger partial charge in [0.2, 0.25) is 0 Å². The molecule has 18 heavy (non-hydrogen) atoms. The standard InChI is InChI=1S/C13H19FN2O2/c1-15(2)9-10-16(8-7-13(17)18)12-6-4-3-5-11(12)14/h3-6H,7-10H2,1-2H3,(H,17,18). The van der Waals surface area contributed by atoms with Gasteiger partial charge in [0.25, 0.3) is 0 Å².